The fraction of sp³-hybridized carbons (Fsp3) is 0.737. The minimum Gasteiger partial charge on any atom is -0.468 e. The third kappa shape index (κ3) is 8.26. The lowest BCUT2D eigenvalue weighted by atomic mass is 10.1. The van der Waals surface area contributed by atoms with Gasteiger partial charge in [0.05, 0.1) is 12.3 Å². The Morgan fingerprint density at radius 3 is 2.50 bits per heavy atom. The number of nitrogens with one attached hydrogen (secondary N) is 3. The summed E-state index contributed by atoms with van der Waals surface area (Å²) < 4.78 is 5.70. The van der Waals surface area contributed by atoms with Crippen molar-refractivity contribution in [2.24, 2.45) is 4.99 Å². The predicted molar refractivity (Wildman–Crippen MR) is 119 cm³/mol. The number of halogens is 1. The van der Waals surface area contributed by atoms with Crippen LogP contribution in [0.1, 0.15) is 51.8 Å². The number of nitrogens with zero attached hydrogens (tertiary/aromatic N) is 2. The number of hydrogen-bond donors (Lipinski definition) is 3. The molecule has 0 aliphatic carbocycles. The van der Waals surface area contributed by atoms with Crippen molar-refractivity contribution in [1.29, 1.82) is 0 Å². The van der Waals surface area contributed by atoms with Gasteiger partial charge in [-0.3, -0.25) is 9.89 Å². The molecule has 0 amide bonds. The molecule has 2 rings (SSSR count). The number of likely N-dealkylation sites (tertiary alicyclic amines) is 1. The Balaban J connectivity index is 0.00000338. The average Bonchev–Trinajstić information content (AvgIpc) is 3.11. The molecule has 1 aromatic heterocycles. The summed E-state index contributed by atoms with van der Waals surface area (Å²) in [4.78, 5) is 6.86. The average molecular weight is 477 g/mol. The van der Waals surface area contributed by atoms with Crippen molar-refractivity contribution < 1.29 is 4.42 Å². The standard InChI is InChI=1S/C19H35N5O.HI/c1-19(2,3)23-11-10-21-18(20-4)22-15-16(17-9-8-14-25-17)24-12-6-5-7-13-24;/h8-9,14,16,23H,5-7,10-13,15H2,1-4H3,(H2,20,21,22);1H. The fourth-order valence-corrected chi connectivity index (χ4v) is 3.15. The molecule has 2 heterocycles. The van der Waals surface area contributed by atoms with Crippen LogP contribution in [0.15, 0.2) is 27.8 Å². The molecule has 3 N–H and O–H groups in total. The van der Waals surface area contributed by atoms with Crippen molar-refractivity contribution in [3.63, 3.8) is 0 Å². The highest BCUT2D eigenvalue weighted by Crippen LogP contribution is 2.24. The number of piperidine rings is 1. The van der Waals surface area contributed by atoms with Gasteiger partial charge in [0.15, 0.2) is 5.96 Å². The lowest BCUT2D eigenvalue weighted by Gasteiger charge is -2.33. The van der Waals surface area contributed by atoms with Crippen molar-refractivity contribution in [3.05, 3.63) is 24.2 Å². The van der Waals surface area contributed by atoms with Gasteiger partial charge in [0.1, 0.15) is 5.76 Å². The second-order valence-corrected chi connectivity index (χ2v) is 7.68. The molecule has 1 fully saturated rings. The molecule has 1 atom stereocenters. The first-order chi connectivity index (χ1) is 12.0. The fourth-order valence-electron chi connectivity index (χ4n) is 3.15. The highest BCUT2D eigenvalue weighted by molar-refractivity contribution is 14.0. The molecule has 1 saturated heterocycles. The van der Waals surface area contributed by atoms with Gasteiger partial charge in [-0.25, -0.2) is 0 Å². The van der Waals surface area contributed by atoms with E-state index >= 15 is 0 Å². The third-order valence-electron chi connectivity index (χ3n) is 4.46. The second kappa shape index (κ2) is 11.8. The van der Waals surface area contributed by atoms with E-state index in [-0.39, 0.29) is 35.6 Å². The van der Waals surface area contributed by atoms with Gasteiger partial charge in [-0.15, -0.1) is 24.0 Å². The largest absolute Gasteiger partial charge is 0.468 e. The zero-order valence-electron chi connectivity index (χ0n) is 16.7. The molecule has 1 aromatic rings. The Kier molecular flexibility index (Phi) is 10.6. The van der Waals surface area contributed by atoms with Gasteiger partial charge in [-0.2, -0.15) is 0 Å². The van der Waals surface area contributed by atoms with Gasteiger partial charge in [0.25, 0.3) is 0 Å². The summed E-state index contributed by atoms with van der Waals surface area (Å²) in [5, 5.41) is 10.3. The first-order valence-corrected chi connectivity index (χ1v) is 9.46. The summed E-state index contributed by atoms with van der Waals surface area (Å²) in [6.45, 7) is 11.3. The van der Waals surface area contributed by atoms with E-state index in [1.807, 2.05) is 13.1 Å². The highest BCUT2D eigenvalue weighted by atomic mass is 127. The zero-order valence-corrected chi connectivity index (χ0v) is 19.0. The topological polar surface area (TPSA) is 64.8 Å². The molecule has 0 aromatic carbocycles. The summed E-state index contributed by atoms with van der Waals surface area (Å²) >= 11 is 0. The normalized spacial score (nSPS) is 17.5. The Morgan fingerprint density at radius 2 is 1.92 bits per heavy atom. The van der Waals surface area contributed by atoms with Gasteiger partial charge in [-0.05, 0) is 58.8 Å². The van der Waals surface area contributed by atoms with Gasteiger partial charge in [0.2, 0.25) is 0 Å². The Bertz CT molecular complexity index is 506. The molecule has 6 nitrogen and oxygen atoms in total. The van der Waals surface area contributed by atoms with Crippen LogP contribution in [0.4, 0.5) is 0 Å². The van der Waals surface area contributed by atoms with Crippen LogP contribution in [0, 0.1) is 0 Å². The molecule has 0 saturated carbocycles. The molecule has 1 aliphatic heterocycles. The predicted octanol–water partition coefficient (Wildman–Crippen LogP) is 2.98. The van der Waals surface area contributed by atoms with Crippen LogP contribution < -0.4 is 16.0 Å². The number of rotatable bonds is 7. The Labute approximate surface area is 175 Å². The van der Waals surface area contributed by atoms with Crippen LogP contribution in [-0.4, -0.2) is 56.2 Å². The van der Waals surface area contributed by atoms with E-state index < -0.39 is 0 Å². The molecule has 1 unspecified atom stereocenters. The smallest absolute Gasteiger partial charge is 0.191 e. The molecule has 26 heavy (non-hydrogen) atoms. The van der Waals surface area contributed by atoms with Crippen molar-refractivity contribution >= 4 is 29.9 Å². The molecular formula is C19H36IN5O. The van der Waals surface area contributed by atoms with E-state index in [4.69, 9.17) is 4.42 Å². The van der Waals surface area contributed by atoms with Gasteiger partial charge >= 0.3 is 0 Å². The van der Waals surface area contributed by atoms with E-state index in [9.17, 15) is 0 Å². The van der Waals surface area contributed by atoms with Crippen LogP contribution in [0.3, 0.4) is 0 Å². The molecule has 150 valence electrons. The summed E-state index contributed by atoms with van der Waals surface area (Å²) in [6.07, 6.45) is 5.63. The van der Waals surface area contributed by atoms with Crippen molar-refractivity contribution in [1.82, 2.24) is 20.9 Å². The lowest BCUT2D eigenvalue weighted by Crippen LogP contribution is -2.47. The number of furan rings is 1. The minimum atomic E-state index is 0. The van der Waals surface area contributed by atoms with E-state index in [1.165, 1.54) is 19.3 Å². The minimum absolute atomic E-state index is 0. The number of guanidine groups is 1. The van der Waals surface area contributed by atoms with E-state index in [0.717, 1.165) is 44.4 Å². The maximum absolute atomic E-state index is 5.70. The number of aliphatic imine (C=N–C) groups is 1. The maximum atomic E-state index is 5.70. The summed E-state index contributed by atoms with van der Waals surface area (Å²) in [7, 11) is 1.81. The van der Waals surface area contributed by atoms with Crippen LogP contribution in [0.2, 0.25) is 0 Å². The first-order valence-electron chi connectivity index (χ1n) is 9.46. The van der Waals surface area contributed by atoms with Crippen LogP contribution in [0.25, 0.3) is 0 Å². The van der Waals surface area contributed by atoms with Gasteiger partial charge in [0, 0.05) is 32.2 Å². The van der Waals surface area contributed by atoms with Crippen LogP contribution >= 0.6 is 24.0 Å². The number of hydrogen-bond acceptors (Lipinski definition) is 4. The first kappa shape index (κ1) is 23.2. The quantitative estimate of drug-likeness (QED) is 0.244. The maximum Gasteiger partial charge on any atom is 0.191 e. The SMILES string of the molecule is CN=C(NCCNC(C)(C)C)NCC(c1ccco1)N1CCCCC1.I. The molecule has 0 bridgehead atoms. The van der Waals surface area contributed by atoms with E-state index in [0.29, 0.717) is 0 Å². The monoisotopic (exact) mass is 477 g/mol. The van der Waals surface area contributed by atoms with Crippen LogP contribution in [-0.2, 0) is 0 Å². The molecule has 7 heteroatoms. The summed E-state index contributed by atoms with van der Waals surface area (Å²) in [5.74, 6) is 1.86. The Morgan fingerprint density at radius 1 is 1.19 bits per heavy atom. The zero-order chi connectivity index (χ0) is 18.1. The molecule has 0 radical (unpaired) electrons. The second-order valence-electron chi connectivity index (χ2n) is 7.68. The van der Waals surface area contributed by atoms with Gasteiger partial charge in [-0.1, -0.05) is 6.42 Å². The highest BCUT2D eigenvalue weighted by Gasteiger charge is 2.24. The summed E-state index contributed by atoms with van der Waals surface area (Å²) in [5.41, 5.74) is 0.136. The van der Waals surface area contributed by atoms with Gasteiger partial charge < -0.3 is 20.4 Å². The van der Waals surface area contributed by atoms with E-state index in [2.05, 4.69) is 52.7 Å². The van der Waals surface area contributed by atoms with Crippen molar-refractivity contribution in [3.8, 4) is 0 Å². The molecular weight excluding hydrogens is 441 g/mol. The summed E-state index contributed by atoms with van der Waals surface area (Å²) in [6, 6.07) is 4.29. The molecule has 1 aliphatic rings. The lowest BCUT2D eigenvalue weighted by molar-refractivity contribution is 0.146. The van der Waals surface area contributed by atoms with E-state index in [1.54, 1.807) is 6.26 Å². The van der Waals surface area contributed by atoms with Crippen molar-refractivity contribution in [2.75, 3.05) is 39.8 Å². The Hall–Kier alpha value is -0.800. The van der Waals surface area contributed by atoms with Crippen molar-refractivity contribution in [2.45, 2.75) is 51.6 Å². The van der Waals surface area contributed by atoms with Crippen LogP contribution in [0.5, 0.6) is 0 Å². The molecule has 0 spiro atoms. The third-order valence-corrected chi connectivity index (χ3v) is 4.46.